The van der Waals surface area contributed by atoms with Crippen molar-refractivity contribution >= 4 is 11.7 Å². The van der Waals surface area contributed by atoms with Crippen molar-refractivity contribution < 1.29 is 4.79 Å². The number of anilines is 1. The number of carbonyl (C=O) groups is 1. The molecule has 106 valence electrons. The molecule has 0 spiro atoms. The lowest BCUT2D eigenvalue weighted by Crippen LogP contribution is -2.30. The molecule has 0 aromatic heterocycles. The van der Waals surface area contributed by atoms with Crippen LogP contribution in [-0.4, -0.2) is 12.6 Å². The van der Waals surface area contributed by atoms with E-state index in [9.17, 15) is 4.79 Å². The van der Waals surface area contributed by atoms with Gasteiger partial charge in [-0.1, -0.05) is 31.9 Å². The number of nitriles is 1. The second-order valence-electron chi connectivity index (χ2n) is 4.52. The molecule has 0 aliphatic rings. The normalized spacial score (nSPS) is 10.8. The zero-order valence-electron chi connectivity index (χ0n) is 12.1. The minimum absolute atomic E-state index is 0.229. The number of urea groups is 1. The van der Waals surface area contributed by atoms with Crippen LogP contribution in [0.25, 0.3) is 0 Å². The highest BCUT2D eigenvalue weighted by Gasteiger charge is 2.03. The SMILES string of the molecule is CC/C=C(\CCC)CNC(=O)Nc1ccc(C#N)cc1. The second kappa shape index (κ2) is 8.76. The molecule has 0 fully saturated rings. The molecule has 0 aliphatic heterocycles. The third-order valence-corrected chi connectivity index (χ3v) is 2.81. The zero-order chi connectivity index (χ0) is 14.8. The van der Waals surface area contributed by atoms with E-state index in [0.717, 1.165) is 19.3 Å². The number of hydrogen-bond donors (Lipinski definition) is 2. The maximum absolute atomic E-state index is 11.8. The third-order valence-electron chi connectivity index (χ3n) is 2.81. The van der Waals surface area contributed by atoms with Crippen molar-refractivity contribution in [2.24, 2.45) is 0 Å². The van der Waals surface area contributed by atoms with Gasteiger partial charge in [0.25, 0.3) is 0 Å². The molecule has 1 rings (SSSR count). The van der Waals surface area contributed by atoms with Crippen molar-refractivity contribution in [1.29, 1.82) is 5.26 Å². The van der Waals surface area contributed by atoms with Crippen LogP contribution in [0.2, 0.25) is 0 Å². The first kappa shape index (κ1) is 15.8. The van der Waals surface area contributed by atoms with Gasteiger partial charge in [-0.15, -0.1) is 0 Å². The van der Waals surface area contributed by atoms with E-state index in [1.807, 2.05) is 6.07 Å². The van der Waals surface area contributed by atoms with Gasteiger partial charge in [-0.05, 0) is 37.1 Å². The summed E-state index contributed by atoms with van der Waals surface area (Å²) in [4.78, 5) is 11.8. The molecule has 0 bridgehead atoms. The van der Waals surface area contributed by atoms with Gasteiger partial charge in [0.15, 0.2) is 0 Å². The molecule has 1 aromatic rings. The van der Waals surface area contributed by atoms with Crippen molar-refractivity contribution in [2.45, 2.75) is 33.1 Å². The van der Waals surface area contributed by atoms with E-state index in [-0.39, 0.29) is 6.03 Å². The fourth-order valence-electron chi connectivity index (χ4n) is 1.87. The van der Waals surface area contributed by atoms with E-state index >= 15 is 0 Å². The number of nitrogens with one attached hydrogen (secondary N) is 2. The summed E-state index contributed by atoms with van der Waals surface area (Å²) in [6.07, 6.45) is 5.22. The van der Waals surface area contributed by atoms with Crippen LogP contribution in [-0.2, 0) is 0 Å². The molecule has 2 N–H and O–H groups in total. The maximum Gasteiger partial charge on any atom is 0.319 e. The summed E-state index contributed by atoms with van der Waals surface area (Å²) in [7, 11) is 0. The Bertz CT molecular complexity index is 497. The number of nitrogens with zero attached hydrogens (tertiary/aromatic N) is 1. The summed E-state index contributed by atoms with van der Waals surface area (Å²) in [5.74, 6) is 0. The van der Waals surface area contributed by atoms with Gasteiger partial charge >= 0.3 is 6.03 Å². The molecule has 0 heterocycles. The van der Waals surface area contributed by atoms with Gasteiger partial charge in [0, 0.05) is 12.2 Å². The van der Waals surface area contributed by atoms with Gasteiger partial charge < -0.3 is 10.6 Å². The average molecular weight is 271 g/mol. The first-order chi connectivity index (χ1) is 9.69. The summed E-state index contributed by atoms with van der Waals surface area (Å²) >= 11 is 0. The van der Waals surface area contributed by atoms with Crippen LogP contribution in [0.4, 0.5) is 10.5 Å². The summed E-state index contributed by atoms with van der Waals surface area (Å²) in [6, 6.07) is 8.59. The highest BCUT2D eigenvalue weighted by Crippen LogP contribution is 2.09. The quantitative estimate of drug-likeness (QED) is 0.772. The van der Waals surface area contributed by atoms with Gasteiger partial charge in [0.1, 0.15) is 0 Å². The van der Waals surface area contributed by atoms with E-state index < -0.39 is 0 Å². The smallest absolute Gasteiger partial charge is 0.319 e. The van der Waals surface area contributed by atoms with Crippen LogP contribution in [0.3, 0.4) is 0 Å². The summed E-state index contributed by atoms with van der Waals surface area (Å²) < 4.78 is 0. The lowest BCUT2D eigenvalue weighted by molar-refractivity contribution is 0.252. The molecule has 0 aliphatic carbocycles. The van der Waals surface area contributed by atoms with E-state index in [0.29, 0.717) is 17.8 Å². The average Bonchev–Trinajstić information content (AvgIpc) is 2.46. The molecular formula is C16H21N3O. The molecule has 1 aromatic carbocycles. The van der Waals surface area contributed by atoms with Crippen LogP contribution in [0.15, 0.2) is 35.9 Å². The van der Waals surface area contributed by atoms with Gasteiger partial charge in [-0.3, -0.25) is 0 Å². The molecule has 2 amide bonds. The molecule has 0 unspecified atom stereocenters. The molecule has 4 heteroatoms. The van der Waals surface area contributed by atoms with Crippen LogP contribution in [0.5, 0.6) is 0 Å². The summed E-state index contributed by atoms with van der Waals surface area (Å²) in [6.45, 7) is 4.79. The Kier molecular flexibility index (Phi) is 6.91. The van der Waals surface area contributed by atoms with Crippen LogP contribution in [0.1, 0.15) is 38.7 Å². The Hall–Kier alpha value is -2.28. The molecule has 0 saturated heterocycles. The van der Waals surface area contributed by atoms with E-state index in [1.54, 1.807) is 24.3 Å². The van der Waals surface area contributed by atoms with Gasteiger partial charge in [-0.2, -0.15) is 5.26 Å². The number of hydrogen-bond acceptors (Lipinski definition) is 2. The number of amides is 2. The predicted molar refractivity (Wildman–Crippen MR) is 81.5 cm³/mol. The van der Waals surface area contributed by atoms with Crippen molar-refractivity contribution in [2.75, 3.05) is 11.9 Å². The van der Waals surface area contributed by atoms with Crippen LogP contribution < -0.4 is 10.6 Å². The lowest BCUT2D eigenvalue weighted by Gasteiger charge is -2.10. The summed E-state index contributed by atoms with van der Waals surface area (Å²) in [5.41, 5.74) is 2.51. The van der Waals surface area contributed by atoms with Crippen molar-refractivity contribution in [3.63, 3.8) is 0 Å². The minimum atomic E-state index is -0.229. The number of carbonyl (C=O) groups excluding carboxylic acids is 1. The minimum Gasteiger partial charge on any atom is -0.334 e. The lowest BCUT2D eigenvalue weighted by atomic mass is 10.1. The number of allylic oxidation sites excluding steroid dienone is 1. The fraction of sp³-hybridized carbons (Fsp3) is 0.375. The topological polar surface area (TPSA) is 64.9 Å². The van der Waals surface area contributed by atoms with Gasteiger partial charge in [0.05, 0.1) is 11.6 Å². The molecule has 0 saturated carbocycles. The first-order valence-electron chi connectivity index (χ1n) is 6.92. The fourth-order valence-corrected chi connectivity index (χ4v) is 1.87. The van der Waals surface area contributed by atoms with E-state index in [1.165, 1.54) is 5.57 Å². The number of rotatable bonds is 6. The van der Waals surface area contributed by atoms with Crippen LogP contribution in [0, 0.1) is 11.3 Å². The van der Waals surface area contributed by atoms with E-state index in [4.69, 9.17) is 5.26 Å². The Morgan fingerprint density at radius 2 is 2.00 bits per heavy atom. The molecular weight excluding hydrogens is 250 g/mol. The van der Waals surface area contributed by atoms with Crippen LogP contribution >= 0.6 is 0 Å². The van der Waals surface area contributed by atoms with Crippen molar-refractivity contribution in [3.05, 3.63) is 41.5 Å². The molecule has 0 atom stereocenters. The standard InChI is InChI=1S/C16H21N3O/c1-3-5-14(6-4-2)12-18-16(20)19-15-9-7-13(11-17)8-10-15/h5,7-10H,3-4,6,12H2,1-2H3,(H2,18,19,20)/b14-5+. The molecule has 20 heavy (non-hydrogen) atoms. The Balaban J connectivity index is 2.46. The first-order valence-corrected chi connectivity index (χ1v) is 6.92. The Morgan fingerprint density at radius 1 is 1.30 bits per heavy atom. The second-order valence-corrected chi connectivity index (χ2v) is 4.52. The number of benzene rings is 1. The highest BCUT2D eigenvalue weighted by molar-refractivity contribution is 5.89. The Labute approximate surface area is 120 Å². The Morgan fingerprint density at radius 3 is 2.55 bits per heavy atom. The van der Waals surface area contributed by atoms with Gasteiger partial charge in [0.2, 0.25) is 0 Å². The van der Waals surface area contributed by atoms with E-state index in [2.05, 4.69) is 30.6 Å². The largest absolute Gasteiger partial charge is 0.334 e. The van der Waals surface area contributed by atoms with Gasteiger partial charge in [-0.25, -0.2) is 4.79 Å². The summed E-state index contributed by atoms with van der Waals surface area (Å²) in [5, 5.41) is 14.3. The highest BCUT2D eigenvalue weighted by atomic mass is 16.2. The van der Waals surface area contributed by atoms with Crippen molar-refractivity contribution in [3.8, 4) is 6.07 Å². The molecule has 0 radical (unpaired) electrons. The molecule has 4 nitrogen and oxygen atoms in total. The predicted octanol–water partition coefficient (Wildman–Crippen LogP) is 3.82. The zero-order valence-corrected chi connectivity index (χ0v) is 12.1. The maximum atomic E-state index is 11.8. The van der Waals surface area contributed by atoms with Crippen molar-refractivity contribution in [1.82, 2.24) is 5.32 Å². The third kappa shape index (κ3) is 5.57. The monoisotopic (exact) mass is 271 g/mol.